The molecule has 1 aromatic heterocycles. The predicted molar refractivity (Wildman–Crippen MR) is 72.3 cm³/mol. The summed E-state index contributed by atoms with van der Waals surface area (Å²) in [5.74, 6) is 0. The molecule has 0 saturated carbocycles. The van der Waals surface area contributed by atoms with Crippen LogP contribution in [0.15, 0.2) is 18.3 Å². The average molecular weight is 233 g/mol. The van der Waals surface area contributed by atoms with Crippen molar-refractivity contribution in [2.24, 2.45) is 0 Å². The van der Waals surface area contributed by atoms with Gasteiger partial charge in [0.15, 0.2) is 0 Å². The predicted octanol–water partition coefficient (Wildman–Crippen LogP) is 2.68. The van der Waals surface area contributed by atoms with Gasteiger partial charge in [-0.3, -0.25) is 4.98 Å². The van der Waals surface area contributed by atoms with Gasteiger partial charge in [-0.2, -0.15) is 0 Å². The summed E-state index contributed by atoms with van der Waals surface area (Å²) in [6.07, 6.45) is 5.66. The molecular formula is C14H23N3. The van der Waals surface area contributed by atoms with Gasteiger partial charge < -0.3 is 10.2 Å². The van der Waals surface area contributed by atoms with E-state index in [9.17, 15) is 0 Å². The monoisotopic (exact) mass is 233 g/mol. The number of likely N-dealkylation sites (tertiary alicyclic amines) is 1. The molecule has 1 saturated heterocycles. The van der Waals surface area contributed by atoms with Crippen LogP contribution < -0.4 is 5.32 Å². The number of aryl methyl sites for hydroxylation is 1. The molecule has 3 nitrogen and oxygen atoms in total. The van der Waals surface area contributed by atoms with Gasteiger partial charge in [0.1, 0.15) is 0 Å². The van der Waals surface area contributed by atoms with E-state index in [0.29, 0.717) is 6.04 Å². The van der Waals surface area contributed by atoms with Crippen LogP contribution in [0.2, 0.25) is 0 Å². The first-order valence-corrected chi connectivity index (χ1v) is 6.70. The molecule has 1 N–H and O–H groups in total. The molecule has 0 bridgehead atoms. The molecule has 1 aliphatic heterocycles. The summed E-state index contributed by atoms with van der Waals surface area (Å²) in [4.78, 5) is 6.87. The second-order valence-electron chi connectivity index (χ2n) is 4.84. The van der Waals surface area contributed by atoms with E-state index in [2.05, 4.69) is 35.1 Å². The molecule has 2 heterocycles. The van der Waals surface area contributed by atoms with Crippen molar-refractivity contribution in [3.05, 3.63) is 24.0 Å². The molecule has 3 heteroatoms. The molecule has 0 amide bonds. The van der Waals surface area contributed by atoms with Gasteiger partial charge in [-0.15, -0.1) is 0 Å². The second-order valence-corrected chi connectivity index (χ2v) is 4.84. The topological polar surface area (TPSA) is 28.2 Å². The largest absolute Gasteiger partial charge is 0.381 e. The number of pyridine rings is 1. The molecule has 0 spiro atoms. The van der Waals surface area contributed by atoms with E-state index in [1.54, 1.807) is 0 Å². The van der Waals surface area contributed by atoms with Crippen molar-refractivity contribution in [2.75, 3.05) is 25.0 Å². The maximum Gasteiger partial charge on any atom is 0.0603 e. The third-order valence-corrected chi connectivity index (χ3v) is 3.63. The minimum Gasteiger partial charge on any atom is -0.381 e. The lowest BCUT2D eigenvalue weighted by atomic mass is 10.1. The van der Waals surface area contributed by atoms with Crippen molar-refractivity contribution in [1.29, 1.82) is 0 Å². The Bertz CT molecular complexity index is 351. The number of aromatic nitrogens is 1. The van der Waals surface area contributed by atoms with Crippen LogP contribution in [-0.2, 0) is 0 Å². The molecule has 2 rings (SSSR count). The zero-order valence-electron chi connectivity index (χ0n) is 10.9. The minimum absolute atomic E-state index is 0.606. The number of anilines is 1. The fourth-order valence-corrected chi connectivity index (χ4v) is 2.47. The minimum atomic E-state index is 0.606. The second kappa shape index (κ2) is 6.01. The first kappa shape index (κ1) is 12.4. The number of nitrogens with one attached hydrogen (secondary N) is 1. The molecule has 94 valence electrons. The zero-order chi connectivity index (χ0) is 12.1. The first-order valence-electron chi connectivity index (χ1n) is 6.70. The number of hydrogen-bond donors (Lipinski definition) is 1. The quantitative estimate of drug-likeness (QED) is 0.870. The Balaban J connectivity index is 1.93. The normalized spacial score (nSPS) is 22.1. The van der Waals surface area contributed by atoms with Crippen LogP contribution in [0.4, 0.5) is 5.69 Å². The fraction of sp³-hybridized carbons (Fsp3) is 0.643. The Labute approximate surface area is 104 Å². The molecule has 1 aromatic rings. The van der Waals surface area contributed by atoms with Crippen LogP contribution in [0, 0.1) is 6.92 Å². The van der Waals surface area contributed by atoms with Crippen LogP contribution in [0.5, 0.6) is 0 Å². The standard InChI is InChI=1S/C14H23N3/c1-3-17-10-5-6-13(8-11-17)16-14-7-4-9-15-12(14)2/h4,7,9,13,16H,3,5-6,8,10-11H2,1-2H3. The number of hydrogen-bond acceptors (Lipinski definition) is 3. The molecule has 0 radical (unpaired) electrons. The van der Waals surface area contributed by atoms with Crippen LogP contribution in [0.3, 0.4) is 0 Å². The zero-order valence-corrected chi connectivity index (χ0v) is 10.9. The Kier molecular flexibility index (Phi) is 4.37. The van der Waals surface area contributed by atoms with Gasteiger partial charge in [0.2, 0.25) is 0 Å². The lowest BCUT2D eigenvalue weighted by Crippen LogP contribution is -2.26. The summed E-state index contributed by atoms with van der Waals surface area (Å²) in [7, 11) is 0. The van der Waals surface area contributed by atoms with Gasteiger partial charge in [-0.25, -0.2) is 0 Å². The van der Waals surface area contributed by atoms with Crippen molar-refractivity contribution >= 4 is 5.69 Å². The van der Waals surface area contributed by atoms with Gasteiger partial charge >= 0.3 is 0 Å². The highest BCUT2D eigenvalue weighted by molar-refractivity contribution is 5.47. The third-order valence-electron chi connectivity index (χ3n) is 3.63. The summed E-state index contributed by atoms with van der Waals surface area (Å²) < 4.78 is 0. The van der Waals surface area contributed by atoms with Gasteiger partial charge in [-0.05, 0) is 51.4 Å². The highest BCUT2D eigenvalue weighted by Crippen LogP contribution is 2.18. The van der Waals surface area contributed by atoms with E-state index in [1.807, 2.05) is 12.3 Å². The van der Waals surface area contributed by atoms with Crippen LogP contribution >= 0.6 is 0 Å². The summed E-state index contributed by atoms with van der Waals surface area (Å²) in [5, 5.41) is 3.64. The van der Waals surface area contributed by atoms with E-state index < -0.39 is 0 Å². The molecule has 1 aliphatic rings. The fourth-order valence-electron chi connectivity index (χ4n) is 2.47. The van der Waals surface area contributed by atoms with Crippen molar-refractivity contribution in [2.45, 2.75) is 39.2 Å². The Morgan fingerprint density at radius 1 is 1.41 bits per heavy atom. The van der Waals surface area contributed by atoms with Crippen molar-refractivity contribution in [1.82, 2.24) is 9.88 Å². The Hall–Kier alpha value is -1.09. The first-order chi connectivity index (χ1) is 8.29. The molecule has 1 fully saturated rings. The highest BCUT2D eigenvalue weighted by Gasteiger charge is 2.16. The smallest absolute Gasteiger partial charge is 0.0603 e. The van der Waals surface area contributed by atoms with E-state index in [-0.39, 0.29) is 0 Å². The number of nitrogens with zero attached hydrogens (tertiary/aromatic N) is 2. The molecule has 1 unspecified atom stereocenters. The lowest BCUT2D eigenvalue weighted by molar-refractivity contribution is 0.300. The lowest BCUT2D eigenvalue weighted by Gasteiger charge is -2.19. The maximum absolute atomic E-state index is 4.33. The summed E-state index contributed by atoms with van der Waals surface area (Å²) >= 11 is 0. The molecule has 1 atom stereocenters. The summed E-state index contributed by atoms with van der Waals surface area (Å²) in [6.45, 7) is 7.96. The van der Waals surface area contributed by atoms with E-state index >= 15 is 0 Å². The van der Waals surface area contributed by atoms with Crippen molar-refractivity contribution in [3.63, 3.8) is 0 Å². The van der Waals surface area contributed by atoms with Gasteiger partial charge in [-0.1, -0.05) is 6.92 Å². The Morgan fingerprint density at radius 2 is 2.29 bits per heavy atom. The van der Waals surface area contributed by atoms with E-state index in [1.165, 1.54) is 44.6 Å². The summed E-state index contributed by atoms with van der Waals surface area (Å²) in [6, 6.07) is 4.74. The van der Waals surface area contributed by atoms with Crippen LogP contribution in [0.25, 0.3) is 0 Å². The number of rotatable bonds is 3. The van der Waals surface area contributed by atoms with Crippen LogP contribution in [-0.4, -0.2) is 35.6 Å². The highest BCUT2D eigenvalue weighted by atomic mass is 15.1. The van der Waals surface area contributed by atoms with Gasteiger partial charge in [0, 0.05) is 18.8 Å². The van der Waals surface area contributed by atoms with Crippen molar-refractivity contribution < 1.29 is 0 Å². The molecule has 0 aromatic carbocycles. The van der Waals surface area contributed by atoms with E-state index in [0.717, 1.165) is 5.69 Å². The third kappa shape index (κ3) is 3.43. The maximum atomic E-state index is 4.33. The molecular weight excluding hydrogens is 210 g/mol. The van der Waals surface area contributed by atoms with Crippen LogP contribution in [0.1, 0.15) is 31.9 Å². The van der Waals surface area contributed by atoms with Gasteiger partial charge in [0.25, 0.3) is 0 Å². The molecule has 17 heavy (non-hydrogen) atoms. The molecule has 0 aliphatic carbocycles. The SMILES string of the molecule is CCN1CCCC(Nc2cccnc2C)CC1. The Morgan fingerprint density at radius 3 is 3.06 bits per heavy atom. The summed E-state index contributed by atoms with van der Waals surface area (Å²) in [5.41, 5.74) is 2.30. The van der Waals surface area contributed by atoms with Gasteiger partial charge in [0.05, 0.1) is 11.4 Å². The van der Waals surface area contributed by atoms with E-state index in [4.69, 9.17) is 0 Å². The van der Waals surface area contributed by atoms with Crippen molar-refractivity contribution in [3.8, 4) is 0 Å². The average Bonchev–Trinajstić information content (AvgIpc) is 2.57.